The van der Waals surface area contributed by atoms with Gasteiger partial charge in [-0.25, -0.2) is 0 Å². The van der Waals surface area contributed by atoms with Crippen LogP contribution in [-0.4, -0.2) is 46.9 Å². The number of benzene rings is 2. The number of rotatable bonds is 10. The predicted octanol–water partition coefficient (Wildman–Crippen LogP) is 3.15. The van der Waals surface area contributed by atoms with Gasteiger partial charge in [0.05, 0.1) is 53.1 Å². The van der Waals surface area contributed by atoms with Crippen molar-refractivity contribution in [1.29, 1.82) is 0 Å². The molecule has 0 aliphatic heterocycles. The van der Waals surface area contributed by atoms with E-state index in [1.807, 2.05) is 0 Å². The van der Waals surface area contributed by atoms with Gasteiger partial charge in [0.1, 0.15) is 11.5 Å². The molecule has 1 amide bonds. The van der Waals surface area contributed by atoms with E-state index in [1.54, 1.807) is 44.4 Å². The van der Waals surface area contributed by atoms with Gasteiger partial charge in [-0.2, -0.15) is 0 Å². The van der Waals surface area contributed by atoms with E-state index in [4.69, 9.17) is 23.7 Å². The van der Waals surface area contributed by atoms with Crippen molar-refractivity contribution in [3.05, 3.63) is 47.5 Å². The number of methoxy groups -OCH3 is 4. The van der Waals surface area contributed by atoms with Crippen LogP contribution in [0.25, 0.3) is 0 Å². The van der Waals surface area contributed by atoms with Crippen molar-refractivity contribution < 1.29 is 33.3 Å². The summed E-state index contributed by atoms with van der Waals surface area (Å²) in [5, 5.41) is 2.88. The summed E-state index contributed by atoms with van der Waals surface area (Å²) in [7, 11) is 5.98. The summed E-state index contributed by atoms with van der Waals surface area (Å²) in [6.07, 6.45) is -0.0393. The largest absolute Gasteiger partial charge is 0.497 e. The number of nitrogens with one attached hydrogen (secondary N) is 1. The second kappa shape index (κ2) is 10.9. The third-order valence-electron chi connectivity index (χ3n) is 4.43. The number of ether oxygens (including phenoxy) is 5. The molecule has 0 heterocycles. The zero-order valence-electron chi connectivity index (χ0n) is 17.8. The molecule has 1 atom stereocenters. The molecule has 0 aliphatic carbocycles. The molecule has 162 valence electrons. The molecule has 0 spiro atoms. The van der Waals surface area contributed by atoms with Crippen molar-refractivity contribution in [2.75, 3.05) is 35.0 Å². The van der Waals surface area contributed by atoms with E-state index in [1.165, 1.54) is 27.4 Å². The van der Waals surface area contributed by atoms with Gasteiger partial charge in [0.25, 0.3) is 5.91 Å². The van der Waals surface area contributed by atoms with E-state index in [9.17, 15) is 9.59 Å². The van der Waals surface area contributed by atoms with Gasteiger partial charge in [-0.15, -0.1) is 0 Å². The highest BCUT2D eigenvalue weighted by atomic mass is 16.5. The first kappa shape index (κ1) is 22.9. The maximum absolute atomic E-state index is 13.1. The van der Waals surface area contributed by atoms with Crippen LogP contribution in [0.5, 0.6) is 23.0 Å². The lowest BCUT2D eigenvalue weighted by atomic mass is 10.0. The molecular formula is C22H27NO7. The highest BCUT2D eigenvalue weighted by Gasteiger charge is 2.24. The van der Waals surface area contributed by atoms with Crippen molar-refractivity contribution in [3.63, 3.8) is 0 Å². The molecule has 0 saturated carbocycles. The van der Waals surface area contributed by atoms with E-state index >= 15 is 0 Å². The number of carbonyl (C=O) groups is 2. The Balaban J connectivity index is 2.39. The molecule has 0 fully saturated rings. The summed E-state index contributed by atoms with van der Waals surface area (Å²) in [5.41, 5.74) is 0.946. The summed E-state index contributed by atoms with van der Waals surface area (Å²) in [4.78, 5) is 25.2. The van der Waals surface area contributed by atoms with E-state index in [0.29, 0.717) is 28.6 Å². The molecule has 30 heavy (non-hydrogen) atoms. The lowest BCUT2D eigenvalue weighted by Gasteiger charge is -2.20. The van der Waals surface area contributed by atoms with Gasteiger partial charge in [-0.1, -0.05) is 12.1 Å². The normalized spacial score (nSPS) is 11.2. The Morgan fingerprint density at radius 3 is 2.17 bits per heavy atom. The standard InChI is InChI=1S/C22H27NO7/c1-6-30-21(24)12-17(14-8-7-9-15(10-14)26-2)23-22(25)16-11-19(28-4)20(29-5)13-18(16)27-3/h7-11,13,17H,6,12H2,1-5H3,(H,23,25). The minimum absolute atomic E-state index is 0.0393. The number of esters is 1. The SMILES string of the molecule is CCOC(=O)CC(NC(=O)c1cc(OC)c(OC)cc1OC)c1cccc(OC)c1. The van der Waals surface area contributed by atoms with E-state index in [0.717, 1.165) is 0 Å². The average Bonchev–Trinajstić information content (AvgIpc) is 2.77. The fourth-order valence-corrected chi connectivity index (χ4v) is 2.94. The highest BCUT2D eigenvalue weighted by Crippen LogP contribution is 2.35. The van der Waals surface area contributed by atoms with Gasteiger partial charge >= 0.3 is 5.97 Å². The van der Waals surface area contributed by atoms with Gasteiger partial charge in [-0.3, -0.25) is 9.59 Å². The highest BCUT2D eigenvalue weighted by molar-refractivity contribution is 5.98. The molecule has 0 bridgehead atoms. The van der Waals surface area contributed by atoms with Crippen LogP contribution in [0.2, 0.25) is 0 Å². The van der Waals surface area contributed by atoms with Crippen LogP contribution in [0, 0.1) is 0 Å². The van der Waals surface area contributed by atoms with Crippen LogP contribution in [0.4, 0.5) is 0 Å². The molecule has 1 N–H and O–H groups in total. The zero-order chi connectivity index (χ0) is 22.1. The van der Waals surface area contributed by atoms with E-state index in [2.05, 4.69) is 5.32 Å². The van der Waals surface area contributed by atoms with Gasteiger partial charge in [0, 0.05) is 12.1 Å². The van der Waals surface area contributed by atoms with Crippen LogP contribution < -0.4 is 24.3 Å². The molecular weight excluding hydrogens is 390 g/mol. The first-order valence-corrected chi connectivity index (χ1v) is 9.37. The van der Waals surface area contributed by atoms with Crippen LogP contribution in [0.3, 0.4) is 0 Å². The first-order valence-electron chi connectivity index (χ1n) is 9.37. The maximum atomic E-state index is 13.1. The Hall–Kier alpha value is -3.42. The summed E-state index contributed by atoms with van der Waals surface area (Å²) in [6.45, 7) is 1.98. The first-order chi connectivity index (χ1) is 14.5. The average molecular weight is 417 g/mol. The van der Waals surface area contributed by atoms with Crippen LogP contribution >= 0.6 is 0 Å². The Bertz CT molecular complexity index is 882. The minimum Gasteiger partial charge on any atom is -0.497 e. The fourth-order valence-electron chi connectivity index (χ4n) is 2.94. The fraction of sp³-hybridized carbons (Fsp3) is 0.364. The van der Waals surface area contributed by atoms with Crippen molar-refractivity contribution in [2.24, 2.45) is 0 Å². The third kappa shape index (κ3) is 5.56. The summed E-state index contributed by atoms with van der Waals surface area (Å²) < 4.78 is 26.2. The molecule has 2 aromatic rings. The molecule has 2 rings (SSSR count). The molecule has 8 nitrogen and oxygen atoms in total. The minimum atomic E-state index is -0.635. The number of hydrogen-bond acceptors (Lipinski definition) is 7. The molecule has 1 unspecified atom stereocenters. The van der Waals surface area contributed by atoms with Gasteiger partial charge < -0.3 is 29.0 Å². The van der Waals surface area contributed by atoms with Crippen LogP contribution in [0.15, 0.2) is 36.4 Å². The summed E-state index contributed by atoms with van der Waals surface area (Å²) >= 11 is 0. The lowest BCUT2D eigenvalue weighted by Crippen LogP contribution is -2.31. The van der Waals surface area contributed by atoms with Crippen LogP contribution in [0.1, 0.15) is 35.3 Å². The van der Waals surface area contributed by atoms with Crippen LogP contribution in [-0.2, 0) is 9.53 Å². The monoisotopic (exact) mass is 417 g/mol. The number of hydrogen-bond donors (Lipinski definition) is 1. The Morgan fingerprint density at radius 1 is 0.900 bits per heavy atom. The predicted molar refractivity (Wildman–Crippen MR) is 111 cm³/mol. The smallest absolute Gasteiger partial charge is 0.308 e. The zero-order valence-corrected chi connectivity index (χ0v) is 17.8. The quantitative estimate of drug-likeness (QED) is 0.594. The van der Waals surface area contributed by atoms with Crippen molar-refractivity contribution >= 4 is 11.9 Å². The third-order valence-corrected chi connectivity index (χ3v) is 4.43. The Morgan fingerprint density at radius 2 is 1.57 bits per heavy atom. The molecule has 0 aromatic heterocycles. The summed E-state index contributed by atoms with van der Waals surface area (Å²) in [5.74, 6) is 0.869. The molecule has 0 radical (unpaired) electrons. The topological polar surface area (TPSA) is 92.3 Å². The van der Waals surface area contributed by atoms with Crippen molar-refractivity contribution in [1.82, 2.24) is 5.32 Å². The van der Waals surface area contributed by atoms with Gasteiger partial charge in [0.2, 0.25) is 0 Å². The lowest BCUT2D eigenvalue weighted by molar-refractivity contribution is -0.143. The summed E-state index contributed by atoms with van der Waals surface area (Å²) in [6, 6.07) is 9.60. The maximum Gasteiger partial charge on any atom is 0.308 e. The van der Waals surface area contributed by atoms with Gasteiger partial charge in [-0.05, 0) is 24.6 Å². The van der Waals surface area contributed by atoms with Crippen molar-refractivity contribution in [2.45, 2.75) is 19.4 Å². The van der Waals surface area contributed by atoms with Gasteiger partial charge in [0.15, 0.2) is 11.5 Å². The molecule has 0 aliphatic rings. The number of amides is 1. The van der Waals surface area contributed by atoms with E-state index in [-0.39, 0.29) is 18.6 Å². The molecule has 0 saturated heterocycles. The van der Waals surface area contributed by atoms with E-state index < -0.39 is 17.9 Å². The van der Waals surface area contributed by atoms with Crippen molar-refractivity contribution in [3.8, 4) is 23.0 Å². The molecule has 2 aromatic carbocycles. The molecule has 8 heteroatoms. The second-order valence-corrected chi connectivity index (χ2v) is 6.22. The second-order valence-electron chi connectivity index (χ2n) is 6.22. The Kier molecular flexibility index (Phi) is 8.34. The number of carbonyl (C=O) groups excluding carboxylic acids is 2. The Labute approximate surface area is 176 Å².